The van der Waals surface area contributed by atoms with E-state index in [2.05, 4.69) is 27.0 Å². The highest BCUT2D eigenvalue weighted by atomic mass is 32.1. The van der Waals surface area contributed by atoms with Crippen LogP contribution in [0.25, 0.3) is 0 Å². The molecule has 2 aliphatic heterocycles. The molecule has 2 fully saturated rings. The predicted octanol–water partition coefficient (Wildman–Crippen LogP) is 2.41. The van der Waals surface area contributed by atoms with Crippen LogP contribution in [0.5, 0.6) is 0 Å². The molecule has 0 spiro atoms. The molecule has 1 aromatic heterocycles. The SMILES string of the molecule is O=C([C@@H]1CCCNC1)N1CCCC1c1ccsc1. The van der Waals surface area contributed by atoms with E-state index >= 15 is 0 Å². The molecule has 0 aliphatic carbocycles. The smallest absolute Gasteiger partial charge is 0.227 e. The second-order valence-corrected chi connectivity index (χ2v) is 6.07. The third kappa shape index (κ3) is 2.31. The van der Waals surface area contributed by atoms with Gasteiger partial charge in [0.05, 0.1) is 12.0 Å². The third-order valence-corrected chi connectivity index (χ3v) is 4.81. The van der Waals surface area contributed by atoms with Gasteiger partial charge in [0.15, 0.2) is 0 Å². The number of hydrogen-bond acceptors (Lipinski definition) is 3. The largest absolute Gasteiger partial charge is 0.335 e. The lowest BCUT2D eigenvalue weighted by Gasteiger charge is -2.30. The Morgan fingerprint density at radius 3 is 3.06 bits per heavy atom. The summed E-state index contributed by atoms with van der Waals surface area (Å²) in [5, 5.41) is 7.64. The van der Waals surface area contributed by atoms with Crippen molar-refractivity contribution >= 4 is 17.2 Å². The van der Waals surface area contributed by atoms with Crippen LogP contribution in [0.4, 0.5) is 0 Å². The monoisotopic (exact) mass is 264 g/mol. The minimum Gasteiger partial charge on any atom is -0.335 e. The molecule has 3 heterocycles. The molecule has 98 valence electrons. The Balaban J connectivity index is 1.72. The van der Waals surface area contributed by atoms with Gasteiger partial charge in [-0.25, -0.2) is 0 Å². The van der Waals surface area contributed by atoms with Crippen molar-refractivity contribution in [2.45, 2.75) is 31.7 Å². The van der Waals surface area contributed by atoms with Gasteiger partial charge in [-0.15, -0.1) is 0 Å². The summed E-state index contributed by atoms with van der Waals surface area (Å²) in [5.41, 5.74) is 1.33. The third-order valence-electron chi connectivity index (χ3n) is 4.11. The van der Waals surface area contributed by atoms with Crippen LogP contribution < -0.4 is 5.32 Å². The summed E-state index contributed by atoms with van der Waals surface area (Å²) in [5.74, 6) is 0.578. The Bertz CT molecular complexity index is 398. The minimum absolute atomic E-state index is 0.206. The Hall–Kier alpha value is -0.870. The lowest BCUT2D eigenvalue weighted by atomic mass is 9.97. The van der Waals surface area contributed by atoms with Crippen LogP contribution in [0, 0.1) is 5.92 Å². The molecule has 0 radical (unpaired) electrons. The van der Waals surface area contributed by atoms with Gasteiger partial charge in [0.25, 0.3) is 0 Å². The van der Waals surface area contributed by atoms with Crippen LogP contribution in [0.2, 0.25) is 0 Å². The van der Waals surface area contributed by atoms with Crippen molar-refractivity contribution in [3.05, 3.63) is 22.4 Å². The molecule has 2 saturated heterocycles. The Morgan fingerprint density at radius 2 is 2.33 bits per heavy atom. The van der Waals surface area contributed by atoms with Crippen molar-refractivity contribution in [1.29, 1.82) is 0 Å². The molecule has 18 heavy (non-hydrogen) atoms. The van der Waals surface area contributed by atoms with Crippen LogP contribution in [0.15, 0.2) is 16.8 Å². The van der Waals surface area contributed by atoms with Gasteiger partial charge < -0.3 is 10.2 Å². The van der Waals surface area contributed by atoms with E-state index in [4.69, 9.17) is 0 Å². The summed E-state index contributed by atoms with van der Waals surface area (Å²) in [6.07, 6.45) is 4.46. The number of carbonyl (C=O) groups is 1. The van der Waals surface area contributed by atoms with Gasteiger partial charge in [-0.3, -0.25) is 4.79 Å². The molecule has 4 heteroatoms. The number of nitrogens with one attached hydrogen (secondary N) is 1. The van der Waals surface area contributed by atoms with Gasteiger partial charge in [-0.05, 0) is 54.6 Å². The summed E-state index contributed by atoms with van der Waals surface area (Å²) < 4.78 is 0. The zero-order valence-corrected chi connectivity index (χ0v) is 11.4. The van der Waals surface area contributed by atoms with Gasteiger partial charge >= 0.3 is 0 Å². The van der Waals surface area contributed by atoms with Crippen molar-refractivity contribution < 1.29 is 4.79 Å². The number of likely N-dealkylation sites (tertiary alicyclic amines) is 1. The highest BCUT2D eigenvalue weighted by molar-refractivity contribution is 7.07. The van der Waals surface area contributed by atoms with Crippen LogP contribution in [-0.2, 0) is 4.79 Å². The Morgan fingerprint density at radius 1 is 1.39 bits per heavy atom. The van der Waals surface area contributed by atoms with E-state index in [9.17, 15) is 4.79 Å². The molecule has 1 amide bonds. The molecule has 1 N–H and O–H groups in total. The predicted molar refractivity (Wildman–Crippen MR) is 73.6 cm³/mol. The number of rotatable bonds is 2. The number of thiophene rings is 1. The molecule has 2 atom stereocenters. The zero-order chi connectivity index (χ0) is 12.4. The van der Waals surface area contributed by atoms with Crippen molar-refractivity contribution in [2.75, 3.05) is 19.6 Å². The number of piperidine rings is 1. The lowest BCUT2D eigenvalue weighted by Crippen LogP contribution is -2.42. The molecule has 1 aromatic rings. The molecule has 0 bridgehead atoms. The van der Waals surface area contributed by atoms with Crippen LogP contribution >= 0.6 is 11.3 Å². The van der Waals surface area contributed by atoms with Crippen LogP contribution in [-0.4, -0.2) is 30.4 Å². The highest BCUT2D eigenvalue weighted by Crippen LogP contribution is 2.34. The van der Waals surface area contributed by atoms with Crippen LogP contribution in [0.1, 0.15) is 37.3 Å². The van der Waals surface area contributed by atoms with Crippen LogP contribution in [0.3, 0.4) is 0 Å². The summed E-state index contributed by atoms with van der Waals surface area (Å²) in [7, 11) is 0. The molecular weight excluding hydrogens is 244 g/mol. The van der Waals surface area contributed by atoms with E-state index in [0.717, 1.165) is 45.3 Å². The highest BCUT2D eigenvalue weighted by Gasteiger charge is 2.34. The molecule has 1 unspecified atom stereocenters. The van der Waals surface area contributed by atoms with Crippen molar-refractivity contribution in [3.63, 3.8) is 0 Å². The van der Waals surface area contributed by atoms with Crippen molar-refractivity contribution in [1.82, 2.24) is 10.2 Å². The first-order valence-corrected chi connectivity index (χ1v) is 7.84. The molecular formula is C14H20N2OS. The number of carbonyl (C=O) groups excluding carboxylic acids is 1. The summed E-state index contributed by atoms with van der Waals surface area (Å²) in [6, 6.07) is 2.51. The molecule has 3 rings (SSSR count). The van der Waals surface area contributed by atoms with Gasteiger partial charge in [0.1, 0.15) is 0 Å². The summed E-state index contributed by atoms with van der Waals surface area (Å²) >= 11 is 1.73. The van der Waals surface area contributed by atoms with Gasteiger partial charge in [-0.1, -0.05) is 0 Å². The van der Waals surface area contributed by atoms with E-state index in [-0.39, 0.29) is 5.92 Å². The lowest BCUT2D eigenvalue weighted by molar-refractivity contribution is -0.137. The zero-order valence-electron chi connectivity index (χ0n) is 10.6. The fraction of sp³-hybridized carbons (Fsp3) is 0.643. The fourth-order valence-electron chi connectivity index (χ4n) is 3.14. The maximum Gasteiger partial charge on any atom is 0.227 e. The second kappa shape index (κ2) is 5.41. The molecule has 0 aromatic carbocycles. The Labute approximate surface area is 112 Å². The first kappa shape index (κ1) is 12.2. The molecule has 2 aliphatic rings. The normalized spacial score (nSPS) is 28.6. The minimum atomic E-state index is 0.206. The first-order valence-electron chi connectivity index (χ1n) is 6.89. The quantitative estimate of drug-likeness (QED) is 0.889. The molecule has 0 saturated carbocycles. The summed E-state index contributed by atoms with van der Waals surface area (Å²) in [6.45, 7) is 2.87. The van der Waals surface area contributed by atoms with E-state index in [1.165, 1.54) is 5.56 Å². The average Bonchev–Trinajstić information content (AvgIpc) is 3.09. The van der Waals surface area contributed by atoms with Crippen molar-refractivity contribution in [3.8, 4) is 0 Å². The summed E-state index contributed by atoms with van der Waals surface area (Å²) in [4.78, 5) is 14.7. The van der Waals surface area contributed by atoms with Crippen molar-refractivity contribution in [2.24, 2.45) is 5.92 Å². The average molecular weight is 264 g/mol. The first-order chi connectivity index (χ1) is 8.86. The van der Waals surface area contributed by atoms with E-state index in [1.807, 2.05) is 0 Å². The van der Waals surface area contributed by atoms with Gasteiger partial charge in [-0.2, -0.15) is 11.3 Å². The molecule has 3 nitrogen and oxygen atoms in total. The second-order valence-electron chi connectivity index (χ2n) is 5.29. The fourth-order valence-corrected chi connectivity index (χ4v) is 3.85. The number of amides is 1. The van der Waals surface area contributed by atoms with Gasteiger partial charge in [0, 0.05) is 13.1 Å². The topological polar surface area (TPSA) is 32.3 Å². The van der Waals surface area contributed by atoms with E-state index < -0.39 is 0 Å². The van der Waals surface area contributed by atoms with Gasteiger partial charge in [0.2, 0.25) is 5.91 Å². The van der Waals surface area contributed by atoms with E-state index in [1.54, 1.807) is 11.3 Å². The Kier molecular flexibility index (Phi) is 3.66. The number of nitrogens with zero attached hydrogens (tertiary/aromatic N) is 1. The van der Waals surface area contributed by atoms with E-state index in [0.29, 0.717) is 11.9 Å². The standard InChI is InChI=1S/C14H20N2OS/c17-14(11-3-1-6-15-9-11)16-7-2-4-13(16)12-5-8-18-10-12/h5,8,10-11,13,15H,1-4,6-7,9H2/t11-,13?/m1/s1. The number of hydrogen-bond donors (Lipinski definition) is 1. The maximum atomic E-state index is 12.6. The maximum absolute atomic E-state index is 12.6.